The summed E-state index contributed by atoms with van der Waals surface area (Å²) < 4.78 is 0. The number of nitrogens with zero attached hydrogens (tertiary/aromatic N) is 1. The third kappa shape index (κ3) is 6.13. The molecule has 0 aromatic carbocycles. The summed E-state index contributed by atoms with van der Waals surface area (Å²) in [4.78, 5) is 21.9. The summed E-state index contributed by atoms with van der Waals surface area (Å²) in [6.07, 6.45) is 2.83. The van der Waals surface area contributed by atoms with Crippen LogP contribution in [0.4, 0.5) is 0 Å². The van der Waals surface area contributed by atoms with E-state index in [1.165, 1.54) is 0 Å². The van der Waals surface area contributed by atoms with Gasteiger partial charge in [0.1, 0.15) is 0 Å². The molecule has 0 spiro atoms. The van der Waals surface area contributed by atoms with Crippen molar-refractivity contribution in [2.24, 2.45) is 0 Å². The number of aliphatic carboxylic acids is 1. The Morgan fingerprint density at radius 1 is 1.62 bits per heavy atom. The van der Waals surface area contributed by atoms with Crippen molar-refractivity contribution in [1.29, 1.82) is 0 Å². The molecule has 0 saturated carbocycles. The first-order chi connectivity index (χ1) is 6.07. The van der Waals surface area contributed by atoms with Crippen LogP contribution in [0.1, 0.15) is 32.6 Å². The van der Waals surface area contributed by atoms with E-state index in [1.54, 1.807) is 4.90 Å². The van der Waals surface area contributed by atoms with Gasteiger partial charge in [-0.05, 0) is 12.8 Å². The third-order valence-electron chi connectivity index (χ3n) is 1.77. The van der Waals surface area contributed by atoms with E-state index in [1.807, 2.05) is 14.0 Å². The highest BCUT2D eigenvalue weighted by Gasteiger charge is 2.14. The van der Waals surface area contributed by atoms with E-state index in [9.17, 15) is 9.59 Å². The first kappa shape index (κ1) is 11.9. The molecule has 76 valence electrons. The normalized spacial score (nSPS) is 15.2. The number of carbonyl (C=O) groups excluding carboxylic acids is 1. The van der Waals surface area contributed by atoms with Crippen LogP contribution in [-0.2, 0) is 9.59 Å². The van der Waals surface area contributed by atoms with Gasteiger partial charge in [-0.2, -0.15) is 0 Å². The molecule has 1 saturated heterocycles. The molecule has 1 heterocycles. The molecular formula is C9H17NO3. The lowest BCUT2D eigenvalue weighted by molar-refractivity contribution is -0.137. The van der Waals surface area contributed by atoms with Gasteiger partial charge in [-0.1, -0.05) is 6.92 Å². The van der Waals surface area contributed by atoms with Crippen LogP contribution in [0, 0.1) is 0 Å². The van der Waals surface area contributed by atoms with Crippen LogP contribution in [0.3, 0.4) is 0 Å². The summed E-state index contributed by atoms with van der Waals surface area (Å²) in [5.74, 6) is -0.419. The van der Waals surface area contributed by atoms with Crippen LogP contribution >= 0.6 is 0 Å². The second kappa shape index (κ2) is 6.46. The molecule has 1 aliphatic rings. The van der Waals surface area contributed by atoms with Gasteiger partial charge in [-0.3, -0.25) is 9.59 Å². The average Bonchev–Trinajstić information content (AvgIpc) is 2.37. The zero-order chi connectivity index (χ0) is 10.3. The summed E-state index contributed by atoms with van der Waals surface area (Å²) in [6.45, 7) is 2.80. The molecule has 1 amide bonds. The van der Waals surface area contributed by atoms with E-state index in [2.05, 4.69) is 0 Å². The third-order valence-corrected chi connectivity index (χ3v) is 1.77. The summed E-state index contributed by atoms with van der Waals surface area (Å²) in [5.41, 5.74) is 0. The van der Waals surface area contributed by atoms with Gasteiger partial charge in [0.25, 0.3) is 0 Å². The van der Waals surface area contributed by atoms with Crippen LogP contribution in [0.25, 0.3) is 0 Å². The summed E-state index contributed by atoms with van der Waals surface area (Å²) in [5, 5.41) is 7.91. The minimum Gasteiger partial charge on any atom is -0.481 e. The quantitative estimate of drug-likeness (QED) is 0.704. The van der Waals surface area contributed by atoms with E-state index in [0.717, 1.165) is 25.8 Å². The smallest absolute Gasteiger partial charge is 0.303 e. The molecule has 1 N–H and O–H groups in total. The molecule has 1 fully saturated rings. The van der Waals surface area contributed by atoms with Gasteiger partial charge in [0.15, 0.2) is 0 Å². The molecule has 1 aliphatic heterocycles. The molecule has 0 aromatic heterocycles. The van der Waals surface area contributed by atoms with E-state index in [0.29, 0.717) is 12.3 Å². The lowest BCUT2D eigenvalue weighted by atomic mass is 10.4. The van der Waals surface area contributed by atoms with Crippen molar-refractivity contribution in [3.05, 3.63) is 0 Å². The maximum atomic E-state index is 10.5. The topological polar surface area (TPSA) is 57.6 Å². The highest BCUT2D eigenvalue weighted by atomic mass is 16.4. The second-order valence-electron chi connectivity index (χ2n) is 3.06. The second-order valence-corrected chi connectivity index (χ2v) is 3.06. The van der Waals surface area contributed by atoms with Gasteiger partial charge < -0.3 is 10.0 Å². The summed E-state index contributed by atoms with van der Waals surface area (Å²) in [7, 11) is 1.84. The van der Waals surface area contributed by atoms with Crippen molar-refractivity contribution in [1.82, 2.24) is 4.90 Å². The number of carboxylic acids is 1. The molecule has 4 heteroatoms. The number of likely N-dealkylation sites (tertiary alicyclic amines) is 1. The Hall–Kier alpha value is -1.06. The van der Waals surface area contributed by atoms with E-state index in [-0.39, 0.29) is 0 Å². The number of hydrogen-bond acceptors (Lipinski definition) is 2. The monoisotopic (exact) mass is 187 g/mol. The van der Waals surface area contributed by atoms with Crippen molar-refractivity contribution in [3.8, 4) is 0 Å². The molecule has 0 atom stereocenters. The van der Waals surface area contributed by atoms with Crippen LogP contribution < -0.4 is 0 Å². The maximum absolute atomic E-state index is 10.5. The molecule has 0 radical (unpaired) electrons. The van der Waals surface area contributed by atoms with Crippen molar-refractivity contribution in [2.45, 2.75) is 32.6 Å². The summed E-state index contributed by atoms with van der Waals surface area (Å²) >= 11 is 0. The Labute approximate surface area is 78.5 Å². The number of hydrogen-bond donors (Lipinski definition) is 1. The zero-order valence-electron chi connectivity index (χ0n) is 8.25. The van der Waals surface area contributed by atoms with Crippen LogP contribution in [0.5, 0.6) is 0 Å². The fraction of sp³-hybridized carbons (Fsp3) is 0.778. The number of carboxylic acid groups (broad SMARTS) is 1. The molecule has 13 heavy (non-hydrogen) atoms. The Balaban J connectivity index is 0.000000226. The van der Waals surface area contributed by atoms with Gasteiger partial charge in [0.05, 0.1) is 0 Å². The molecule has 4 nitrogen and oxygen atoms in total. The first-order valence-corrected chi connectivity index (χ1v) is 4.53. The SMILES string of the molecule is CCCC(=O)O.CN1CCCC1=O. The van der Waals surface area contributed by atoms with E-state index < -0.39 is 5.97 Å². The van der Waals surface area contributed by atoms with Gasteiger partial charge in [-0.25, -0.2) is 0 Å². The number of amides is 1. The average molecular weight is 187 g/mol. The molecule has 0 unspecified atom stereocenters. The van der Waals surface area contributed by atoms with E-state index >= 15 is 0 Å². The van der Waals surface area contributed by atoms with Gasteiger partial charge in [-0.15, -0.1) is 0 Å². The van der Waals surface area contributed by atoms with Crippen molar-refractivity contribution in [3.63, 3.8) is 0 Å². The van der Waals surface area contributed by atoms with Gasteiger partial charge >= 0.3 is 5.97 Å². The Morgan fingerprint density at radius 2 is 2.23 bits per heavy atom. The van der Waals surface area contributed by atoms with Gasteiger partial charge in [0, 0.05) is 26.4 Å². The van der Waals surface area contributed by atoms with Crippen molar-refractivity contribution < 1.29 is 14.7 Å². The Kier molecular flexibility index (Phi) is 5.93. The fourth-order valence-corrected chi connectivity index (χ4v) is 0.997. The first-order valence-electron chi connectivity index (χ1n) is 4.53. The fourth-order valence-electron chi connectivity index (χ4n) is 0.997. The largest absolute Gasteiger partial charge is 0.481 e. The van der Waals surface area contributed by atoms with Crippen molar-refractivity contribution in [2.75, 3.05) is 13.6 Å². The predicted octanol–water partition coefficient (Wildman–Crippen LogP) is 1.11. The van der Waals surface area contributed by atoms with Crippen molar-refractivity contribution >= 4 is 11.9 Å². The number of carbonyl (C=O) groups is 2. The van der Waals surface area contributed by atoms with Crippen LogP contribution in [0.15, 0.2) is 0 Å². The minimum atomic E-state index is -0.711. The molecule has 1 rings (SSSR count). The highest BCUT2D eigenvalue weighted by Crippen LogP contribution is 2.04. The summed E-state index contributed by atoms with van der Waals surface area (Å²) in [6, 6.07) is 0. The molecule has 0 aromatic rings. The molecule has 0 aliphatic carbocycles. The highest BCUT2D eigenvalue weighted by molar-refractivity contribution is 5.77. The van der Waals surface area contributed by atoms with E-state index in [4.69, 9.17) is 5.11 Å². The molecular weight excluding hydrogens is 170 g/mol. The standard InChI is InChI=1S/C5H9NO.C4H8O2/c1-6-4-2-3-5(6)7;1-2-3-4(5)6/h2-4H2,1H3;2-3H2,1H3,(H,5,6). The predicted molar refractivity (Wildman–Crippen MR) is 49.4 cm³/mol. The Morgan fingerprint density at radius 3 is 2.31 bits per heavy atom. The minimum absolute atomic E-state index is 0.292. The Bertz CT molecular complexity index is 180. The van der Waals surface area contributed by atoms with Gasteiger partial charge in [0.2, 0.25) is 5.91 Å². The lowest BCUT2D eigenvalue weighted by Crippen LogP contribution is -2.17. The van der Waals surface area contributed by atoms with Crippen LogP contribution in [-0.4, -0.2) is 35.5 Å². The van der Waals surface area contributed by atoms with Crippen LogP contribution in [0.2, 0.25) is 0 Å². The lowest BCUT2D eigenvalue weighted by Gasteiger charge is -2.03. The zero-order valence-corrected chi connectivity index (χ0v) is 8.25. The molecule has 0 bridgehead atoms. The maximum Gasteiger partial charge on any atom is 0.303 e. The number of rotatable bonds is 2.